The predicted octanol–water partition coefficient (Wildman–Crippen LogP) is 3.53. The van der Waals surface area contributed by atoms with Gasteiger partial charge in [-0.25, -0.2) is 0 Å². The van der Waals surface area contributed by atoms with Crippen LogP contribution < -0.4 is 0 Å². The van der Waals surface area contributed by atoms with Crippen LogP contribution >= 0.6 is 11.3 Å². The van der Waals surface area contributed by atoms with E-state index in [0.29, 0.717) is 5.92 Å². The van der Waals surface area contributed by atoms with Gasteiger partial charge in [0, 0.05) is 18.1 Å². The molecule has 88 valence electrons. The molecule has 0 spiro atoms. The zero-order valence-electron chi connectivity index (χ0n) is 9.86. The van der Waals surface area contributed by atoms with Gasteiger partial charge in [-0.1, -0.05) is 13.3 Å². The number of hydrogen-bond acceptors (Lipinski definition) is 3. The topological polar surface area (TPSA) is 26.3 Å². The van der Waals surface area contributed by atoms with Gasteiger partial charge in [0.1, 0.15) is 5.60 Å². The first-order valence-electron chi connectivity index (χ1n) is 5.80. The Kier molecular flexibility index (Phi) is 3.45. The number of carbonyl (C=O) groups excluding carboxylic acids is 1. The van der Waals surface area contributed by atoms with E-state index in [1.807, 2.05) is 16.8 Å². The molecule has 2 atom stereocenters. The Morgan fingerprint density at radius 2 is 2.44 bits per heavy atom. The summed E-state index contributed by atoms with van der Waals surface area (Å²) in [7, 11) is 1.67. The van der Waals surface area contributed by atoms with E-state index in [4.69, 9.17) is 4.74 Å². The van der Waals surface area contributed by atoms with Gasteiger partial charge in [0.05, 0.1) is 0 Å². The van der Waals surface area contributed by atoms with Crippen LogP contribution in [-0.4, -0.2) is 18.5 Å². The highest BCUT2D eigenvalue weighted by atomic mass is 32.1. The zero-order chi connectivity index (χ0) is 11.6. The normalized spacial score (nSPS) is 30.2. The smallest absolute Gasteiger partial charge is 0.195 e. The van der Waals surface area contributed by atoms with Crippen LogP contribution in [0.5, 0.6) is 0 Å². The lowest BCUT2D eigenvalue weighted by atomic mass is 9.75. The fourth-order valence-corrected chi connectivity index (χ4v) is 3.28. The van der Waals surface area contributed by atoms with Crippen molar-refractivity contribution in [1.82, 2.24) is 0 Å². The van der Waals surface area contributed by atoms with Crippen molar-refractivity contribution in [1.29, 1.82) is 0 Å². The molecule has 3 heteroatoms. The van der Waals surface area contributed by atoms with Gasteiger partial charge >= 0.3 is 0 Å². The van der Waals surface area contributed by atoms with Gasteiger partial charge < -0.3 is 4.74 Å². The van der Waals surface area contributed by atoms with E-state index in [2.05, 4.69) is 6.92 Å². The predicted molar refractivity (Wildman–Crippen MR) is 66.0 cm³/mol. The highest BCUT2D eigenvalue weighted by Crippen LogP contribution is 2.37. The van der Waals surface area contributed by atoms with Crippen molar-refractivity contribution in [3.8, 4) is 0 Å². The molecule has 0 N–H and O–H groups in total. The Bertz CT molecular complexity index is 358. The van der Waals surface area contributed by atoms with E-state index in [1.54, 1.807) is 18.4 Å². The fraction of sp³-hybridized carbons (Fsp3) is 0.615. The van der Waals surface area contributed by atoms with E-state index >= 15 is 0 Å². The molecule has 2 rings (SSSR count). The molecule has 0 radical (unpaired) electrons. The molecule has 1 heterocycles. The Morgan fingerprint density at radius 3 is 3.00 bits per heavy atom. The lowest BCUT2D eigenvalue weighted by Crippen LogP contribution is -2.44. The number of ether oxygens (including phenoxy) is 1. The summed E-state index contributed by atoms with van der Waals surface area (Å²) in [5.41, 5.74) is 0.250. The molecule has 1 saturated carbocycles. The van der Waals surface area contributed by atoms with Crippen molar-refractivity contribution in [2.45, 2.75) is 38.2 Å². The summed E-state index contributed by atoms with van der Waals surface area (Å²) in [5, 5.41) is 3.87. The average Bonchev–Trinajstić information content (AvgIpc) is 2.81. The second-order valence-electron chi connectivity index (χ2n) is 4.74. The van der Waals surface area contributed by atoms with Crippen molar-refractivity contribution >= 4 is 17.1 Å². The van der Waals surface area contributed by atoms with Crippen molar-refractivity contribution in [2.75, 3.05) is 7.11 Å². The van der Waals surface area contributed by atoms with Gasteiger partial charge in [0.2, 0.25) is 0 Å². The van der Waals surface area contributed by atoms with Crippen molar-refractivity contribution in [3.63, 3.8) is 0 Å². The molecule has 1 aromatic heterocycles. The maximum absolute atomic E-state index is 12.4. The van der Waals surface area contributed by atoms with Gasteiger partial charge in [-0.05, 0) is 36.6 Å². The molecule has 1 aliphatic rings. The molecular formula is C13H18O2S. The Morgan fingerprint density at radius 1 is 1.62 bits per heavy atom. The standard InChI is InChI=1S/C13H18O2S/c1-10-4-3-6-13(8-10,15-2)12(14)11-5-7-16-9-11/h5,7,9-10H,3-4,6,8H2,1-2H3. The number of rotatable bonds is 3. The largest absolute Gasteiger partial charge is 0.370 e. The van der Waals surface area contributed by atoms with Crippen LogP contribution in [0.25, 0.3) is 0 Å². The Balaban J connectivity index is 2.24. The number of methoxy groups -OCH3 is 1. The third-order valence-corrected chi connectivity index (χ3v) is 4.23. The molecule has 2 unspecified atom stereocenters. The van der Waals surface area contributed by atoms with Crippen LogP contribution in [0.4, 0.5) is 0 Å². The van der Waals surface area contributed by atoms with Gasteiger partial charge in [0.15, 0.2) is 5.78 Å². The third-order valence-electron chi connectivity index (χ3n) is 3.54. The number of ketones is 1. The molecule has 16 heavy (non-hydrogen) atoms. The second kappa shape index (κ2) is 4.68. The first-order valence-corrected chi connectivity index (χ1v) is 6.74. The molecule has 0 bridgehead atoms. The monoisotopic (exact) mass is 238 g/mol. The van der Waals surface area contributed by atoms with Crippen LogP contribution in [0.2, 0.25) is 0 Å². The van der Waals surface area contributed by atoms with E-state index in [0.717, 1.165) is 24.8 Å². The maximum atomic E-state index is 12.4. The molecule has 0 aromatic carbocycles. The van der Waals surface area contributed by atoms with Crippen LogP contribution in [0.1, 0.15) is 43.0 Å². The van der Waals surface area contributed by atoms with Gasteiger partial charge in [-0.3, -0.25) is 4.79 Å². The zero-order valence-corrected chi connectivity index (χ0v) is 10.7. The summed E-state index contributed by atoms with van der Waals surface area (Å²) in [4.78, 5) is 12.4. The molecule has 1 aromatic rings. The highest BCUT2D eigenvalue weighted by Gasteiger charge is 2.42. The number of carbonyl (C=O) groups is 1. The number of hydrogen-bond donors (Lipinski definition) is 0. The van der Waals surface area contributed by atoms with E-state index in [9.17, 15) is 4.79 Å². The molecule has 1 aliphatic carbocycles. The van der Waals surface area contributed by atoms with Crippen molar-refractivity contribution in [2.24, 2.45) is 5.92 Å². The van der Waals surface area contributed by atoms with Crippen molar-refractivity contribution < 1.29 is 9.53 Å². The van der Waals surface area contributed by atoms with Crippen LogP contribution in [0.15, 0.2) is 16.8 Å². The third kappa shape index (κ3) is 2.06. The lowest BCUT2D eigenvalue weighted by molar-refractivity contribution is -0.0302. The average molecular weight is 238 g/mol. The summed E-state index contributed by atoms with van der Waals surface area (Å²) in [6, 6.07) is 1.90. The summed E-state index contributed by atoms with van der Waals surface area (Å²) in [6.07, 6.45) is 4.02. The minimum atomic E-state index is -0.557. The molecular weight excluding hydrogens is 220 g/mol. The van der Waals surface area contributed by atoms with Gasteiger partial charge in [0.25, 0.3) is 0 Å². The van der Waals surface area contributed by atoms with E-state index in [-0.39, 0.29) is 5.78 Å². The quantitative estimate of drug-likeness (QED) is 0.753. The number of Topliss-reactive ketones (excluding diaryl/α,β-unsaturated/α-hetero) is 1. The minimum Gasteiger partial charge on any atom is -0.370 e. The molecule has 1 fully saturated rings. The Hall–Kier alpha value is -0.670. The lowest BCUT2D eigenvalue weighted by Gasteiger charge is -2.37. The molecule has 0 saturated heterocycles. The van der Waals surface area contributed by atoms with Crippen LogP contribution in [0, 0.1) is 5.92 Å². The van der Waals surface area contributed by atoms with Crippen LogP contribution in [-0.2, 0) is 4.74 Å². The fourth-order valence-electron chi connectivity index (χ4n) is 2.64. The first kappa shape index (κ1) is 11.8. The SMILES string of the molecule is COC1(C(=O)c2ccsc2)CCCC(C)C1. The summed E-state index contributed by atoms with van der Waals surface area (Å²) in [5.74, 6) is 0.749. The molecule has 0 amide bonds. The van der Waals surface area contributed by atoms with Crippen LogP contribution in [0.3, 0.4) is 0 Å². The second-order valence-corrected chi connectivity index (χ2v) is 5.52. The Labute approximate surface area is 101 Å². The maximum Gasteiger partial charge on any atom is 0.195 e. The molecule has 0 aliphatic heterocycles. The first-order chi connectivity index (χ1) is 7.68. The minimum absolute atomic E-state index is 0.169. The summed E-state index contributed by atoms with van der Waals surface area (Å²) < 4.78 is 5.59. The highest BCUT2D eigenvalue weighted by molar-refractivity contribution is 7.08. The number of thiophene rings is 1. The molecule has 2 nitrogen and oxygen atoms in total. The summed E-state index contributed by atoms with van der Waals surface area (Å²) >= 11 is 1.57. The summed E-state index contributed by atoms with van der Waals surface area (Å²) in [6.45, 7) is 2.20. The van der Waals surface area contributed by atoms with Crippen molar-refractivity contribution in [3.05, 3.63) is 22.4 Å². The van der Waals surface area contributed by atoms with Gasteiger partial charge in [-0.2, -0.15) is 11.3 Å². The van der Waals surface area contributed by atoms with Gasteiger partial charge in [-0.15, -0.1) is 0 Å². The van der Waals surface area contributed by atoms with E-state index < -0.39 is 5.60 Å². The van der Waals surface area contributed by atoms with E-state index in [1.165, 1.54) is 6.42 Å².